The number of hydrogen-bond donors (Lipinski definition) is 1. The SMILES string of the molecule is CC(C)(C)c1ccc(N(c2ccc(C(C)(C)C)cc2)c2cccc(Oc3ccc4c(c3)-c3ccc(N(c5ccccc5)c5ccccc5)cc3C4(C)C)c2Cl)cc1.CC(C)(C)c1ccc(Nc2ccc(C(C)(C)C)cc2)cc1.CC1(C)c2ccc(Oc3cccc(Br)c3Cl)cc2-c2ccc(N(c3ccccc3)c3ccccc3)cc21. The normalized spacial score (nSPS) is 13.0. The van der Waals surface area contributed by atoms with Crippen LogP contribution in [0.4, 0.5) is 62.6 Å². The number of para-hydroxylation sites is 4. The largest absolute Gasteiger partial charge is 0.456 e. The van der Waals surface area contributed by atoms with Crippen LogP contribution in [-0.2, 0) is 32.5 Å². The molecule has 115 heavy (non-hydrogen) atoms. The average Bonchev–Trinajstić information content (AvgIpc) is 1.57. The van der Waals surface area contributed by atoms with Gasteiger partial charge in [-0.3, -0.25) is 0 Å². The van der Waals surface area contributed by atoms with Gasteiger partial charge in [0.2, 0.25) is 0 Å². The molecule has 0 fully saturated rings. The molecule has 0 heterocycles. The first kappa shape index (κ1) is 80.5. The first-order chi connectivity index (χ1) is 54.8. The maximum Gasteiger partial charge on any atom is 0.148 e. The number of ether oxygens (including phenoxy) is 2. The van der Waals surface area contributed by atoms with E-state index < -0.39 is 0 Å². The fourth-order valence-corrected chi connectivity index (χ4v) is 16.3. The van der Waals surface area contributed by atoms with Gasteiger partial charge in [-0.15, -0.1) is 0 Å². The molecule has 0 aromatic heterocycles. The summed E-state index contributed by atoms with van der Waals surface area (Å²) < 4.78 is 13.7. The summed E-state index contributed by atoms with van der Waals surface area (Å²) in [7, 11) is 0. The van der Waals surface area contributed by atoms with Gasteiger partial charge in [-0.05, 0) is 274 Å². The molecule has 14 aromatic carbocycles. The van der Waals surface area contributed by atoms with E-state index in [1.807, 2.05) is 36.4 Å². The molecule has 0 saturated carbocycles. The predicted molar refractivity (Wildman–Crippen MR) is 494 cm³/mol. The molecule has 0 bridgehead atoms. The second-order valence-corrected chi connectivity index (χ2v) is 36.8. The lowest BCUT2D eigenvalue weighted by atomic mass is 9.82. The van der Waals surface area contributed by atoms with E-state index in [1.165, 1.54) is 66.8 Å². The zero-order chi connectivity index (χ0) is 81.4. The van der Waals surface area contributed by atoms with E-state index in [4.69, 9.17) is 32.7 Å². The Morgan fingerprint density at radius 2 is 0.583 bits per heavy atom. The van der Waals surface area contributed by atoms with Gasteiger partial charge in [-0.1, -0.05) is 292 Å². The van der Waals surface area contributed by atoms with Crippen LogP contribution in [0.5, 0.6) is 23.0 Å². The lowest BCUT2D eigenvalue weighted by Gasteiger charge is -2.29. The summed E-state index contributed by atoms with van der Waals surface area (Å²) >= 11 is 17.3. The van der Waals surface area contributed by atoms with Crippen molar-refractivity contribution in [1.29, 1.82) is 0 Å². The third-order valence-electron chi connectivity index (χ3n) is 22.2. The predicted octanol–water partition coefficient (Wildman–Crippen LogP) is 32.7. The number of nitrogens with one attached hydrogen (secondary N) is 1. The van der Waals surface area contributed by atoms with Crippen LogP contribution in [0.3, 0.4) is 0 Å². The monoisotopic (exact) mass is 1610 g/mol. The summed E-state index contributed by atoms with van der Waals surface area (Å²) in [6.45, 7) is 36.1. The Morgan fingerprint density at radius 1 is 0.278 bits per heavy atom. The molecule has 1 N–H and O–H groups in total. The number of fused-ring (bicyclic) bond motifs is 6. The summed E-state index contributed by atoms with van der Waals surface area (Å²) in [4.78, 5) is 6.86. The molecule has 14 aromatic rings. The summed E-state index contributed by atoms with van der Waals surface area (Å²) in [5.74, 6) is 2.74. The maximum atomic E-state index is 7.38. The Balaban J connectivity index is 0.000000160. The van der Waals surface area contributed by atoms with E-state index in [2.05, 4.69) is 438 Å². The van der Waals surface area contributed by atoms with Crippen molar-refractivity contribution >= 4 is 102 Å². The van der Waals surface area contributed by atoms with Gasteiger partial charge in [0, 0.05) is 72.2 Å². The van der Waals surface area contributed by atoms with E-state index in [9.17, 15) is 0 Å². The van der Waals surface area contributed by atoms with E-state index in [-0.39, 0.29) is 32.5 Å². The Morgan fingerprint density at radius 3 is 0.922 bits per heavy atom. The molecular formula is C106H103BrCl2N4O2. The highest BCUT2D eigenvalue weighted by molar-refractivity contribution is 9.10. The molecule has 9 heteroatoms. The molecule has 16 rings (SSSR count). The van der Waals surface area contributed by atoms with Crippen LogP contribution >= 0.6 is 39.1 Å². The molecule has 0 amide bonds. The van der Waals surface area contributed by atoms with Gasteiger partial charge in [0.25, 0.3) is 0 Å². The molecule has 580 valence electrons. The Hall–Kier alpha value is -11.1. The van der Waals surface area contributed by atoms with Gasteiger partial charge >= 0.3 is 0 Å². The fourth-order valence-electron chi connectivity index (χ4n) is 15.5. The number of anilines is 11. The number of halogens is 3. The summed E-state index contributed by atoms with van der Waals surface area (Å²) in [5, 5.41) is 4.57. The van der Waals surface area contributed by atoms with Crippen LogP contribution in [0.1, 0.15) is 155 Å². The molecule has 0 atom stereocenters. The van der Waals surface area contributed by atoms with Crippen molar-refractivity contribution in [1.82, 2.24) is 0 Å². The van der Waals surface area contributed by atoms with Crippen molar-refractivity contribution in [2.24, 2.45) is 0 Å². The Bertz CT molecular complexity index is 5550. The van der Waals surface area contributed by atoms with Crippen LogP contribution in [0.15, 0.2) is 332 Å². The highest BCUT2D eigenvalue weighted by Gasteiger charge is 2.39. The van der Waals surface area contributed by atoms with Crippen LogP contribution < -0.4 is 29.5 Å². The topological polar surface area (TPSA) is 40.2 Å². The first-order valence-electron chi connectivity index (χ1n) is 39.8. The molecule has 2 aliphatic rings. The van der Waals surface area contributed by atoms with Gasteiger partial charge in [0.1, 0.15) is 28.0 Å². The van der Waals surface area contributed by atoms with Crippen LogP contribution in [0, 0.1) is 0 Å². The molecular weight excluding hydrogens is 1510 g/mol. The van der Waals surface area contributed by atoms with Crippen LogP contribution in [0.2, 0.25) is 10.0 Å². The average molecular weight is 1620 g/mol. The minimum atomic E-state index is -0.207. The van der Waals surface area contributed by atoms with Crippen molar-refractivity contribution in [3.63, 3.8) is 0 Å². The summed E-state index contributed by atoms with van der Waals surface area (Å²) in [6, 6.07) is 115. The zero-order valence-electron chi connectivity index (χ0n) is 69.0. The quantitative estimate of drug-likeness (QED) is 0.110. The fraction of sp³-hybridized carbons (Fsp3) is 0.208. The summed E-state index contributed by atoms with van der Waals surface area (Å²) in [5.41, 5.74) is 27.3. The number of benzene rings is 14. The minimum Gasteiger partial charge on any atom is -0.456 e. The maximum absolute atomic E-state index is 7.38. The minimum absolute atomic E-state index is 0.0433. The molecule has 0 saturated heterocycles. The Kier molecular flexibility index (Phi) is 22.9. The van der Waals surface area contributed by atoms with E-state index >= 15 is 0 Å². The molecule has 6 nitrogen and oxygen atoms in total. The standard InChI is InChI=1S/C53H51ClN2O.C33H25BrClNO.C20H27N/c1-51(2,3)36-22-26-40(27-23-36)56(41-28-24-37(25-29-41)52(4,5)6)48-20-15-21-49(50(48)54)57-43-31-33-46-45(35-43)44-32-30-42(34-47(44)53(46,7)8)55(38-16-11-9-12-17-38)39-18-13-10-14-19-39;1-33(2)28-19-17-25(37-31-15-9-14-30(34)32(31)35)21-27(28)26-18-16-24(20-29(26)33)36(22-10-5-3-6-11-22)23-12-7-4-8-13-23;1-19(2,3)15-7-11-17(12-8-15)21-18-13-9-16(10-14-18)20(4,5)6/h9-35H,1-8H3;3-21H,1-2H3;7-14,21H,1-6H3. The third-order valence-corrected chi connectivity index (χ3v) is 23.8. The summed E-state index contributed by atoms with van der Waals surface area (Å²) in [6.07, 6.45) is 0. The van der Waals surface area contributed by atoms with Crippen molar-refractivity contribution in [2.75, 3.05) is 20.0 Å². The number of hydrogen-bond acceptors (Lipinski definition) is 6. The van der Waals surface area contributed by atoms with Gasteiger partial charge in [-0.2, -0.15) is 0 Å². The highest BCUT2D eigenvalue weighted by Crippen LogP contribution is 2.55. The van der Waals surface area contributed by atoms with Crippen molar-refractivity contribution in [3.8, 4) is 45.3 Å². The lowest BCUT2D eigenvalue weighted by Crippen LogP contribution is -2.16. The van der Waals surface area contributed by atoms with Gasteiger partial charge in [0.15, 0.2) is 0 Å². The van der Waals surface area contributed by atoms with E-state index in [0.29, 0.717) is 21.5 Å². The second kappa shape index (κ2) is 32.7. The van der Waals surface area contributed by atoms with Crippen molar-refractivity contribution < 1.29 is 9.47 Å². The highest BCUT2D eigenvalue weighted by atomic mass is 79.9. The first-order valence-corrected chi connectivity index (χ1v) is 41.3. The molecule has 2 aliphatic carbocycles. The van der Waals surface area contributed by atoms with Gasteiger partial charge < -0.3 is 29.5 Å². The van der Waals surface area contributed by atoms with Crippen LogP contribution in [-0.4, -0.2) is 0 Å². The van der Waals surface area contributed by atoms with Gasteiger partial charge in [-0.25, -0.2) is 0 Å². The number of rotatable bonds is 15. The smallest absolute Gasteiger partial charge is 0.148 e. The second-order valence-electron chi connectivity index (χ2n) is 35.2. The van der Waals surface area contributed by atoms with Crippen molar-refractivity contribution in [3.05, 3.63) is 387 Å². The zero-order valence-corrected chi connectivity index (χ0v) is 72.1. The van der Waals surface area contributed by atoms with Crippen molar-refractivity contribution in [2.45, 2.75) is 143 Å². The third kappa shape index (κ3) is 17.5. The van der Waals surface area contributed by atoms with Crippen LogP contribution in [0.25, 0.3) is 22.3 Å². The van der Waals surface area contributed by atoms with E-state index in [0.717, 1.165) is 78.5 Å². The van der Waals surface area contributed by atoms with Gasteiger partial charge in [0.05, 0.1) is 10.7 Å². The lowest BCUT2D eigenvalue weighted by molar-refractivity contribution is 0.482. The molecule has 0 radical (unpaired) electrons. The number of nitrogens with zero attached hydrogens (tertiary/aromatic N) is 3. The molecule has 0 aliphatic heterocycles. The molecule has 0 spiro atoms. The molecule has 0 unspecified atom stereocenters. The Labute approximate surface area is 701 Å². The van der Waals surface area contributed by atoms with E-state index in [1.54, 1.807) is 0 Å².